The molecule has 0 aliphatic heterocycles. The van der Waals surface area contributed by atoms with E-state index in [1.807, 2.05) is 38.1 Å². The topological polar surface area (TPSA) is 34.6 Å². The molecule has 0 fully saturated rings. The van der Waals surface area contributed by atoms with Crippen molar-refractivity contribution in [2.45, 2.75) is 13.8 Å². The van der Waals surface area contributed by atoms with Gasteiger partial charge in [0.2, 0.25) is 6.33 Å². The van der Waals surface area contributed by atoms with Crippen LogP contribution in [0.1, 0.15) is 11.4 Å². The second-order valence-corrected chi connectivity index (χ2v) is 7.15. The summed E-state index contributed by atoms with van der Waals surface area (Å²) in [7, 11) is 0. The summed E-state index contributed by atoms with van der Waals surface area (Å²) < 4.78 is 4.22. The number of fused-ring (bicyclic) bond motifs is 1. The Morgan fingerprint density at radius 3 is 2.10 bits per heavy atom. The van der Waals surface area contributed by atoms with Crippen molar-refractivity contribution in [3.8, 4) is 22.5 Å². The highest BCUT2D eigenvalue weighted by Gasteiger charge is 2.22. The van der Waals surface area contributed by atoms with Crippen LogP contribution in [-0.4, -0.2) is 14.5 Å². The predicted molar refractivity (Wildman–Crippen MR) is 115 cm³/mol. The number of aryl methyl sites for hydroxylation is 2. The fraction of sp³-hybridized carbons (Fsp3) is 0.0800. The molecule has 2 aromatic heterocycles. The van der Waals surface area contributed by atoms with Gasteiger partial charge in [-0.15, -0.1) is 4.98 Å². The van der Waals surface area contributed by atoms with E-state index < -0.39 is 0 Å². The van der Waals surface area contributed by atoms with Crippen molar-refractivity contribution >= 4 is 11.3 Å². The minimum absolute atomic E-state index is 0.849. The van der Waals surface area contributed by atoms with Crippen LogP contribution in [0.2, 0.25) is 0 Å². The first-order chi connectivity index (χ1) is 14.2. The molecule has 0 N–H and O–H groups in total. The van der Waals surface area contributed by atoms with Crippen molar-refractivity contribution in [2.24, 2.45) is 0 Å². The van der Waals surface area contributed by atoms with Gasteiger partial charge in [0.1, 0.15) is 17.1 Å². The molecule has 0 atom stereocenters. The average molecular weight is 377 g/mol. The van der Waals surface area contributed by atoms with E-state index in [0.29, 0.717) is 0 Å². The van der Waals surface area contributed by atoms with Gasteiger partial charge >= 0.3 is 5.65 Å². The van der Waals surface area contributed by atoms with Crippen molar-refractivity contribution in [3.05, 3.63) is 103 Å². The summed E-state index contributed by atoms with van der Waals surface area (Å²) in [6.45, 7) is 4.01. The second-order valence-electron chi connectivity index (χ2n) is 7.15. The van der Waals surface area contributed by atoms with E-state index in [2.05, 4.69) is 76.1 Å². The summed E-state index contributed by atoms with van der Waals surface area (Å²) in [5, 5.41) is 0. The Morgan fingerprint density at radius 1 is 0.690 bits per heavy atom. The molecule has 0 aliphatic rings. The normalized spacial score (nSPS) is 11.1. The van der Waals surface area contributed by atoms with Gasteiger partial charge in [0, 0.05) is 0 Å². The molecule has 4 heteroatoms. The van der Waals surface area contributed by atoms with Gasteiger partial charge in [0.25, 0.3) is 5.65 Å². The molecule has 0 aliphatic carbocycles. The highest BCUT2D eigenvalue weighted by Crippen LogP contribution is 2.24. The molecule has 0 bridgehead atoms. The molecule has 0 amide bonds. The Kier molecular flexibility index (Phi) is 4.17. The lowest BCUT2D eigenvalue weighted by Crippen LogP contribution is -2.29. The van der Waals surface area contributed by atoms with Crippen molar-refractivity contribution < 1.29 is 4.57 Å². The quantitative estimate of drug-likeness (QED) is 0.416. The van der Waals surface area contributed by atoms with E-state index in [9.17, 15) is 0 Å². The van der Waals surface area contributed by atoms with Crippen LogP contribution in [0.3, 0.4) is 0 Å². The summed E-state index contributed by atoms with van der Waals surface area (Å²) in [6.07, 6.45) is 2.07. The molecule has 0 unspecified atom stereocenters. The van der Waals surface area contributed by atoms with Crippen LogP contribution in [-0.2, 0) is 0 Å². The molecular formula is C25H21N4+. The average Bonchev–Trinajstić information content (AvgIpc) is 3.14. The van der Waals surface area contributed by atoms with Gasteiger partial charge < -0.3 is 0 Å². The lowest BCUT2D eigenvalue weighted by atomic mass is 10.1. The number of benzene rings is 3. The van der Waals surface area contributed by atoms with Crippen LogP contribution in [0.4, 0.5) is 0 Å². The molecule has 2 heterocycles. The molecule has 29 heavy (non-hydrogen) atoms. The third kappa shape index (κ3) is 3.09. The number of para-hydroxylation sites is 1. The molecule has 4 nitrogen and oxygen atoms in total. The maximum atomic E-state index is 4.88. The maximum absolute atomic E-state index is 4.88. The molecule has 5 rings (SSSR count). The van der Waals surface area contributed by atoms with Crippen molar-refractivity contribution in [2.75, 3.05) is 0 Å². The van der Waals surface area contributed by atoms with Crippen molar-refractivity contribution in [1.29, 1.82) is 0 Å². The molecule has 0 saturated carbocycles. The first-order valence-corrected chi connectivity index (χ1v) is 9.70. The largest absolute Gasteiger partial charge is 0.327 e. The molecule has 5 aromatic rings. The third-order valence-electron chi connectivity index (χ3n) is 5.22. The predicted octanol–water partition coefficient (Wildman–Crippen LogP) is 4.98. The lowest BCUT2D eigenvalue weighted by Gasteiger charge is -2.04. The summed E-state index contributed by atoms with van der Waals surface area (Å²) >= 11 is 0. The maximum Gasteiger partial charge on any atom is 0.327 e. The van der Waals surface area contributed by atoms with Crippen LogP contribution in [0.15, 0.2) is 91.3 Å². The SMILES string of the molecule is Cc1nc2c(nc1C)[n+](-c1ccccc1)cn2-c1cccc(-c2ccccc2)c1. The number of hydrogen-bond donors (Lipinski definition) is 0. The first kappa shape index (κ1) is 17.3. The van der Waals surface area contributed by atoms with Crippen LogP contribution in [0, 0.1) is 13.8 Å². The highest BCUT2D eigenvalue weighted by molar-refractivity contribution is 5.70. The van der Waals surface area contributed by atoms with E-state index in [0.717, 1.165) is 34.1 Å². The van der Waals surface area contributed by atoms with Crippen LogP contribution < -0.4 is 4.57 Å². The fourth-order valence-corrected chi connectivity index (χ4v) is 3.56. The summed E-state index contributed by atoms with van der Waals surface area (Å²) in [5.74, 6) is 0. The molecule has 3 aromatic carbocycles. The summed E-state index contributed by atoms with van der Waals surface area (Å²) in [6, 6.07) is 29.2. The number of imidazole rings is 1. The molecule has 0 spiro atoms. The standard InChI is InChI=1S/C25H21N4/c1-18-19(2)27-25-24(26-18)28(22-13-7-4-8-14-22)17-29(25)23-15-9-12-21(16-23)20-10-5-3-6-11-20/h3-17H,1-2H3/q+1. The zero-order valence-corrected chi connectivity index (χ0v) is 16.4. The van der Waals surface area contributed by atoms with Gasteiger partial charge in [-0.3, -0.25) is 0 Å². The molecule has 140 valence electrons. The summed E-state index contributed by atoms with van der Waals surface area (Å²) in [5.41, 5.74) is 8.07. The van der Waals surface area contributed by atoms with Crippen molar-refractivity contribution in [1.82, 2.24) is 14.5 Å². The highest BCUT2D eigenvalue weighted by atomic mass is 15.2. The first-order valence-electron chi connectivity index (χ1n) is 9.70. The van der Waals surface area contributed by atoms with E-state index >= 15 is 0 Å². The number of hydrogen-bond acceptors (Lipinski definition) is 2. The van der Waals surface area contributed by atoms with Crippen LogP contribution >= 0.6 is 0 Å². The third-order valence-corrected chi connectivity index (χ3v) is 5.22. The monoisotopic (exact) mass is 377 g/mol. The Hall–Kier alpha value is -3.79. The molecular weight excluding hydrogens is 356 g/mol. The second kappa shape index (κ2) is 6.99. The molecule has 0 saturated heterocycles. The van der Waals surface area contributed by atoms with E-state index in [-0.39, 0.29) is 0 Å². The van der Waals surface area contributed by atoms with Gasteiger partial charge in [0.05, 0.1) is 5.69 Å². The zero-order chi connectivity index (χ0) is 19.8. The fourth-order valence-electron chi connectivity index (χ4n) is 3.56. The Balaban J connectivity index is 1.75. The number of rotatable bonds is 3. The van der Waals surface area contributed by atoms with Crippen molar-refractivity contribution in [3.63, 3.8) is 0 Å². The smallest absolute Gasteiger partial charge is 0.212 e. The molecule has 0 radical (unpaired) electrons. The zero-order valence-electron chi connectivity index (χ0n) is 16.4. The Labute approximate surface area is 169 Å². The van der Waals surface area contributed by atoms with Gasteiger partial charge in [-0.1, -0.05) is 60.7 Å². The summed E-state index contributed by atoms with van der Waals surface area (Å²) in [4.78, 5) is 9.74. The van der Waals surface area contributed by atoms with Gasteiger partial charge in [-0.25, -0.2) is 9.55 Å². The Bertz CT molecular complexity index is 1310. The van der Waals surface area contributed by atoms with Crippen LogP contribution in [0.25, 0.3) is 33.8 Å². The minimum Gasteiger partial charge on any atom is -0.212 e. The van der Waals surface area contributed by atoms with Crippen LogP contribution in [0.5, 0.6) is 0 Å². The van der Waals surface area contributed by atoms with E-state index in [1.54, 1.807) is 0 Å². The van der Waals surface area contributed by atoms with E-state index in [4.69, 9.17) is 9.97 Å². The van der Waals surface area contributed by atoms with Gasteiger partial charge in [0.15, 0.2) is 0 Å². The minimum atomic E-state index is 0.849. The number of nitrogens with zero attached hydrogens (tertiary/aromatic N) is 4. The van der Waals surface area contributed by atoms with Gasteiger partial charge in [-0.05, 0) is 49.2 Å². The van der Waals surface area contributed by atoms with E-state index in [1.165, 1.54) is 11.1 Å². The van der Waals surface area contributed by atoms with Gasteiger partial charge in [-0.2, -0.15) is 4.57 Å². The number of aromatic nitrogens is 4. The Morgan fingerprint density at radius 2 is 1.34 bits per heavy atom. The lowest BCUT2D eigenvalue weighted by molar-refractivity contribution is -0.570.